The molecule has 2 heterocycles. The minimum atomic E-state index is -0.0541. The number of nitrogens with one attached hydrogen (secondary N) is 1. The molecule has 3 N–H and O–H groups in total. The number of aryl methyl sites for hydroxylation is 2. The van der Waals surface area contributed by atoms with Crippen LogP contribution >= 0.6 is 0 Å². The van der Waals surface area contributed by atoms with Gasteiger partial charge in [-0.2, -0.15) is 5.10 Å². The third kappa shape index (κ3) is 3.06. The van der Waals surface area contributed by atoms with Crippen LogP contribution in [0.15, 0.2) is 18.5 Å². The molecule has 0 unspecified atom stereocenters. The van der Waals surface area contributed by atoms with E-state index in [1.807, 2.05) is 32.1 Å². The molecule has 0 amide bonds. The summed E-state index contributed by atoms with van der Waals surface area (Å²) in [5.41, 5.74) is 7.77. The van der Waals surface area contributed by atoms with Crippen LogP contribution in [0, 0.1) is 12.3 Å². The zero-order valence-corrected chi connectivity index (χ0v) is 11.3. The second-order valence-electron chi connectivity index (χ2n) is 4.49. The molecule has 19 heavy (non-hydrogen) atoms. The molecule has 0 saturated heterocycles. The highest BCUT2D eigenvalue weighted by Gasteiger charge is 2.10. The average molecular weight is 259 g/mol. The molecule has 2 rings (SSSR count). The van der Waals surface area contributed by atoms with Gasteiger partial charge in [0.25, 0.3) is 0 Å². The summed E-state index contributed by atoms with van der Waals surface area (Å²) in [6.07, 6.45) is 3.75. The number of hydrogen-bond acceptors (Lipinski definition) is 5. The van der Waals surface area contributed by atoms with Crippen molar-refractivity contribution in [3.63, 3.8) is 0 Å². The third-order valence-corrected chi connectivity index (χ3v) is 2.64. The number of hydrogen-bond donors (Lipinski definition) is 2. The van der Waals surface area contributed by atoms with E-state index in [-0.39, 0.29) is 5.84 Å². The fourth-order valence-corrected chi connectivity index (χ4v) is 1.76. The van der Waals surface area contributed by atoms with E-state index < -0.39 is 0 Å². The lowest BCUT2D eigenvalue weighted by Crippen LogP contribution is -2.22. The molecule has 0 saturated carbocycles. The molecule has 7 heteroatoms. The monoisotopic (exact) mass is 259 g/mol. The Morgan fingerprint density at radius 3 is 2.79 bits per heavy atom. The molecule has 0 fully saturated rings. The Hall–Kier alpha value is -2.44. The quantitative estimate of drug-likeness (QED) is 0.613. The van der Waals surface area contributed by atoms with E-state index in [1.54, 1.807) is 16.9 Å². The minimum absolute atomic E-state index is 0.0541. The highest BCUT2D eigenvalue weighted by molar-refractivity contribution is 5.93. The first-order chi connectivity index (χ1) is 8.95. The van der Waals surface area contributed by atoms with Crippen LogP contribution in [0.25, 0.3) is 0 Å². The van der Waals surface area contributed by atoms with Crippen molar-refractivity contribution >= 4 is 11.8 Å². The van der Waals surface area contributed by atoms with Crippen LogP contribution in [0.5, 0.6) is 0 Å². The SMILES string of the molecule is Cc1cc(C(=N)N)nc(N(C)Cc2cnn(C)c2)n1. The van der Waals surface area contributed by atoms with E-state index in [1.165, 1.54) is 0 Å². The topological polar surface area (TPSA) is 96.7 Å². The fourth-order valence-electron chi connectivity index (χ4n) is 1.76. The molecular weight excluding hydrogens is 242 g/mol. The van der Waals surface area contributed by atoms with E-state index in [2.05, 4.69) is 15.1 Å². The number of anilines is 1. The Kier molecular flexibility index (Phi) is 3.46. The molecule has 0 atom stereocenters. The first kappa shape index (κ1) is 13.0. The first-order valence-corrected chi connectivity index (χ1v) is 5.84. The predicted octanol–water partition coefficient (Wildman–Crippen LogP) is 0.439. The average Bonchev–Trinajstić information content (AvgIpc) is 2.73. The normalized spacial score (nSPS) is 10.5. The molecule has 0 spiro atoms. The van der Waals surface area contributed by atoms with Gasteiger partial charge in [-0.15, -0.1) is 0 Å². The van der Waals surface area contributed by atoms with Gasteiger partial charge in [0.05, 0.1) is 6.20 Å². The molecule has 100 valence electrons. The van der Waals surface area contributed by atoms with Crippen molar-refractivity contribution in [2.75, 3.05) is 11.9 Å². The van der Waals surface area contributed by atoms with Crippen LogP contribution < -0.4 is 10.6 Å². The number of nitrogens with zero attached hydrogens (tertiary/aromatic N) is 5. The van der Waals surface area contributed by atoms with Gasteiger partial charge in [0.15, 0.2) is 0 Å². The lowest BCUT2D eigenvalue weighted by molar-refractivity contribution is 0.766. The van der Waals surface area contributed by atoms with E-state index in [4.69, 9.17) is 11.1 Å². The number of amidine groups is 1. The lowest BCUT2D eigenvalue weighted by Gasteiger charge is -2.17. The van der Waals surface area contributed by atoms with Gasteiger partial charge >= 0.3 is 0 Å². The number of nitrogens with two attached hydrogens (primary N) is 1. The smallest absolute Gasteiger partial charge is 0.226 e. The summed E-state index contributed by atoms with van der Waals surface area (Å²) >= 11 is 0. The van der Waals surface area contributed by atoms with Crippen molar-refractivity contribution in [3.8, 4) is 0 Å². The van der Waals surface area contributed by atoms with Gasteiger partial charge in [0, 0.05) is 38.1 Å². The van der Waals surface area contributed by atoms with Crippen molar-refractivity contribution in [2.45, 2.75) is 13.5 Å². The summed E-state index contributed by atoms with van der Waals surface area (Å²) in [4.78, 5) is 10.5. The number of aromatic nitrogens is 4. The van der Waals surface area contributed by atoms with E-state index >= 15 is 0 Å². The molecule has 2 aromatic rings. The Bertz CT molecular complexity index is 602. The van der Waals surface area contributed by atoms with E-state index in [9.17, 15) is 0 Å². The molecular formula is C12H17N7. The first-order valence-electron chi connectivity index (χ1n) is 5.84. The molecule has 0 aliphatic heterocycles. The Labute approximate surface area is 111 Å². The Morgan fingerprint density at radius 1 is 1.47 bits per heavy atom. The summed E-state index contributed by atoms with van der Waals surface area (Å²) in [7, 11) is 3.77. The largest absolute Gasteiger partial charge is 0.382 e. The van der Waals surface area contributed by atoms with Crippen LogP contribution in [-0.2, 0) is 13.6 Å². The van der Waals surface area contributed by atoms with Crippen LogP contribution in [0.1, 0.15) is 17.0 Å². The molecule has 0 aromatic carbocycles. The predicted molar refractivity (Wildman–Crippen MR) is 73.1 cm³/mol. The molecule has 0 radical (unpaired) electrons. The van der Waals surface area contributed by atoms with Crippen LogP contribution in [0.4, 0.5) is 5.95 Å². The second-order valence-corrected chi connectivity index (χ2v) is 4.49. The Balaban J connectivity index is 2.23. The van der Waals surface area contributed by atoms with E-state index in [0.717, 1.165) is 11.3 Å². The molecule has 2 aromatic heterocycles. The molecule has 0 aliphatic rings. The number of nitrogen functional groups attached to an aromatic ring is 1. The van der Waals surface area contributed by atoms with Crippen LogP contribution in [0.2, 0.25) is 0 Å². The van der Waals surface area contributed by atoms with Crippen molar-refractivity contribution in [1.82, 2.24) is 19.7 Å². The summed E-state index contributed by atoms with van der Waals surface area (Å²) < 4.78 is 1.75. The maximum absolute atomic E-state index is 7.45. The van der Waals surface area contributed by atoms with E-state index in [0.29, 0.717) is 18.2 Å². The maximum atomic E-state index is 7.45. The van der Waals surface area contributed by atoms with Crippen LogP contribution in [-0.4, -0.2) is 32.6 Å². The minimum Gasteiger partial charge on any atom is -0.382 e. The number of rotatable bonds is 4. The van der Waals surface area contributed by atoms with Gasteiger partial charge in [0.1, 0.15) is 11.5 Å². The third-order valence-electron chi connectivity index (χ3n) is 2.64. The van der Waals surface area contributed by atoms with Gasteiger partial charge < -0.3 is 10.6 Å². The summed E-state index contributed by atoms with van der Waals surface area (Å²) in [6.45, 7) is 2.50. The van der Waals surface area contributed by atoms with Crippen molar-refractivity contribution in [1.29, 1.82) is 5.41 Å². The van der Waals surface area contributed by atoms with Crippen molar-refractivity contribution in [2.24, 2.45) is 12.8 Å². The molecule has 0 bridgehead atoms. The summed E-state index contributed by atoms with van der Waals surface area (Å²) in [6, 6.07) is 1.70. The van der Waals surface area contributed by atoms with Gasteiger partial charge in [-0.05, 0) is 13.0 Å². The highest BCUT2D eigenvalue weighted by Crippen LogP contribution is 2.11. The van der Waals surface area contributed by atoms with Crippen molar-refractivity contribution in [3.05, 3.63) is 35.4 Å². The van der Waals surface area contributed by atoms with Crippen molar-refractivity contribution < 1.29 is 0 Å². The van der Waals surface area contributed by atoms with Gasteiger partial charge in [-0.25, -0.2) is 9.97 Å². The standard InChI is InChI=1S/C12H17N7/c1-8-4-10(11(13)14)17-12(16-8)18(2)6-9-5-15-19(3)7-9/h4-5,7H,6H2,1-3H3,(H3,13,14). The highest BCUT2D eigenvalue weighted by atomic mass is 15.3. The van der Waals surface area contributed by atoms with Crippen LogP contribution in [0.3, 0.4) is 0 Å². The van der Waals surface area contributed by atoms with Gasteiger partial charge in [-0.3, -0.25) is 10.1 Å². The lowest BCUT2D eigenvalue weighted by atomic mass is 10.3. The fraction of sp³-hybridized carbons (Fsp3) is 0.333. The van der Waals surface area contributed by atoms with Gasteiger partial charge in [-0.1, -0.05) is 0 Å². The Morgan fingerprint density at radius 2 is 2.21 bits per heavy atom. The molecule has 0 aliphatic carbocycles. The summed E-state index contributed by atoms with van der Waals surface area (Å²) in [5.74, 6) is 0.496. The molecule has 7 nitrogen and oxygen atoms in total. The zero-order valence-electron chi connectivity index (χ0n) is 11.3. The summed E-state index contributed by atoms with van der Waals surface area (Å²) in [5, 5.41) is 11.6. The maximum Gasteiger partial charge on any atom is 0.226 e. The zero-order chi connectivity index (χ0) is 14.0. The second kappa shape index (κ2) is 5.05. The van der Waals surface area contributed by atoms with Gasteiger partial charge in [0.2, 0.25) is 5.95 Å².